The van der Waals surface area contributed by atoms with Gasteiger partial charge in [-0.2, -0.15) is 0 Å². The molecule has 10 heteroatoms. The maximum absolute atomic E-state index is 12.3. The van der Waals surface area contributed by atoms with Gasteiger partial charge in [-0.15, -0.1) is 24.0 Å². The van der Waals surface area contributed by atoms with Crippen molar-refractivity contribution in [3.8, 4) is 0 Å². The smallest absolute Gasteiger partial charge is 0.408 e. The number of ether oxygens (including phenoxy) is 1. The number of halogens is 1. The van der Waals surface area contributed by atoms with Crippen LogP contribution in [0.1, 0.15) is 60.8 Å². The summed E-state index contributed by atoms with van der Waals surface area (Å²) >= 11 is 0. The molecule has 1 atom stereocenters. The molecule has 1 aliphatic rings. The van der Waals surface area contributed by atoms with Gasteiger partial charge in [0, 0.05) is 33.7 Å². The van der Waals surface area contributed by atoms with E-state index >= 15 is 0 Å². The van der Waals surface area contributed by atoms with Crippen molar-refractivity contribution in [1.29, 1.82) is 0 Å². The molecule has 32 heavy (non-hydrogen) atoms. The van der Waals surface area contributed by atoms with Crippen LogP contribution in [0.25, 0.3) is 0 Å². The molecule has 1 unspecified atom stereocenters. The van der Waals surface area contributed by atoms with Gasteiger partial charge in [-0.1, -0.05) is 0 Å². The number of likely N-dealkylation sites (N-methyl/N-ethyl adjacent to an activating group) is 1. The standard InChI is InChI=1S/C22H44N6O3.HI/c1-9-23-19(25-16-22(5,6)26-20(30)31-21(2,3)4)24-13-11-15-28-14-10-12-17(28)18(29)27(7)8;/h17H,9-16H2,1-8H3,(H,26,30)(H2,23,24,25);1H. The number of nitrogens with zero attached hydrogens (tertiary/aromatic N) is 3. The van der Waals surface area contributed by atoms with E-state index < -0.39 is 17.2 Å². The molecule has 1 rings (SSSR count). The van der Waals surface area contributed by atoms with Crippen molar-refractivity contribution in [1.82, 2.24) is 25.8 Å². The van der Waals surface area contributed by atoms with Gasteiger partial charge < -0.3 is 25.6 Å². The Bertz CT molecular complexity index is 619. The first-order valence-electron chi connectivity index (χ1n) is 11.3. The van der Waals surface area contributed by atoms with Crippen LogP contribution >= 0.6 is 24.0 Å². The first kappa shape index (κ1) is 30.7. The lowest BCUT2D eigenvalue weighted by atomic mass is 10.1. The lowest BCUT2D eigenvalue weighted by molar-refractivity contribution is -0.133. The van der Waals surface area contributed by atoms with E-state index in [-0.39, 0.29) is 35.9 Å². The average Bonchev–Trinajstić information content (AvgIpc) is 3.08. The molecule has 0 bridgehead atoms. The number of carbonyl (C=O) groups is 2. The summed E-state index contributed by atoms with van der Waals surface area (Å²) in [6.07, 6.45) is 2.48. The van der Waals surface area contributed by atoms with E-state index in [2.05, 4.69) is 25.8 Å². The Morgan fingerprint density at radius 3 is 2.38 bits per heavy atom. The number of guanidine groups is 1. The third kappa shape index (κ3) is 12.1. The van der Waals surface area contributed by atoms with Crippen molar-refractivity contribution >= 4 is 41.9 Å². The van der Waals surface area contributed by atoms with Gasteiger partial charge in [0.1, 0.15) is 5.60 Å². The maximum Gasteiger partial charge on any atom is 0.408 e. The van der Waals surface area contributed by atoms with Crippen molar-refractivity contribution in [2.24, 2.45) is 4.99 Å². The van der Waals surface area contributed by atoms with Gasteiger partial charge in [0.15, 0.2) is 5.96 Å². The summed E-state index contributed by atoms with van der Waals surface area (Å²) in [6.45, 7) is 15.1. The lowest BCUT2D eigenvalue weighted by Crippen LogP contribution is -2.49. The number of alkyl carbamates (subject to hydrolysis) is 1. The summed E-state index contributed by atoms with van der Waals surface area (Å²) < 4.78 is 5.33. The van der Waals surface area contributed by atoms with Crippen molar-refractivity contribution in [2.75, 3.05) is 46.8 Å². The third-order valence-electron chi connectivity index (χ3n) is 4.82. The fourth-order valence-electron chi connectivity index (χ4n) is 3.40. The zero-order valence-electron chi connectivity index (χ0n) is 21.2. The Kier molecular flexibility index (Phi) is 13.5. The van der Waals surface area contributed by atoms with Crippen LogP contribution in [0.5, 0.6) is 0 Å². The van der Waals surface area contributed by atoms with Gasteiger partial charge in [0.25, 0.3) is 0 Å². The summed E-state index contributed by atoms with van der Waals surface area (Å²) in [4.78, 5) is 33.0. The van der Waals surface area contributed by atoms with Crippen LogP contribution < -0.4 is 16.0 Å². The predicted octanol–water partition coefficient (Wildman–Crippen LogP) is 2.41. The molecule has 188 valence electrons. The Balaban J connectivity index is 0.00000961. The van der Waals surface area contributed by atoms with Crippen LogP contribution in [0.3, 0.4) is 0 Å². The largest absolute Gasteiger partial charge is 0.444 e. The number of amides is 2. The monoisotopic (exact) mass is 568 g/mol. The van der Waals surface area contributed by atoms with Crippen LogP contribution in [0.15, 0.2) is 4.99 Å². The second-order valence-corrected chi connectivity index (χ2v) is 9.91. The summed E-state index contributed by atoms with van der Waals surface area (Å²) in [5, 5.41) is 9.46. The van der Waals surface area contributed by atoms with Gasteiger partial charge in [-0.3, -0.25) is 14.7 Å². The molecule has 0 aromatic heterocycles. The molecule has 1 aliphatic heterocycles. The summed E-state index contributed by atoms with van der Waals surface area (Å²) in [7, 11) is 3.64. The molecule has 0 aliphatic carbocycles. The Hall–Kier alpha value is -1.30. The number of aliphatic imine (C=N–C) groups is 1. The highest BCUT2D eigenvalue weighted by atomic mass is 127. The average molecular weight is 569 g/mol. The summed E-state index contributed by atoms with van der Waals surface area (Å²) in [6, 6.07) is 0.0108. The fourth-order valence-corrected chi connectivity index (χ4v) is 3.40. The van der Waals surface area contributed by atoms with E-state index in [1.807, 2.05) is 55.6 Å². The molecule has 1 heterocycles. The zero-order valence-corrected chi connectivity index (χ0v) is 23.5. The first-order chi connectivity index (χ1) is 14.3. The van der Waals surface area contributed by atoms with E-state index in [0.717, 1.165) is 45.4 Å². The zero-order chi connectivity index (χ0) is 23.7. The van der Waals surface area contributed by atoms with Crippen molar-refractivity contribution in [3.05, 3.63) is 0 Å². The van der Waals surface area contributed by atoms with Gasteiger partial charge in [0.05, 0.1) is 18.1 Å². The number of nitrogens with one attached hydrogen (secondary N) is 3. The van der Waals surface area contributed by atoms with Crippen LogP contribution in [0.4, 0.5) is 4.79 Å². The van der Waals surface area contributed by atoms with E-state index in [1.165, 1.54) is 0 Å². The van der Waals surface area contributed by atoms with E-state index in [9.17, 15) is 9.59 Å². The Morgan fingerprint density at radius 2 is 1.81 bits per heavy atom. The number of rotatable bonds is 9. The third-order valence-corrected chi connectivity index (χ3v) is 4.82. The quantitative estimate of drug-likeness (QED) is 0.171. The molecule has 1 fully saturated rings. The summed E-state index contributed by atoms with van der Waals surface area (Å²) in [5.41, 5.74) is -1.08. The molecule has 9 nitrogen and oxygen atoms in total. The van der Waals surface area contributed by atoms with E-state index in [1.54, 1.807) is 4.90 Å². The number of carbonyl (C=O) groups excluding carboxylic acids is 2. The highest BCUT2D eigenvalue weighted by Crippen LogP contribution is 2.18. The predicted molar refractivity (Wildman–Crippen MR) is 141 cm³/mol. The topological polar surface area (TPSA) is 98.3 Å². The minimum absolute atomic E-state index is 0. The van der Waals surface area contributed by atoms with Crippen LogP contribution in [-0.2, 0) is 9.53 Å². The molecular weight excluding hydrogens is 523 g/mol. The molecule has 2 amide bonds. The highest BCUT2D eigenvalue weighted by Gasteiger charge is 2.31. The fraction of sp³-hybridized carbons (Fsp3) is 0.864. The molecular formula is C22H45IN6O3. The van der Waals surface area contributed by atoms with Crippen molar-refractivity contribution < 1.29 is 14.3 Å². The SMILES string of the molecule is CCNC(=NCC(C)(C)NC(=O)OC(C)(C)C)NCCCN1CCCC1C(=O)N(C)C.I. The number of hydrogen-bond acceptors (Lipinski definition) is 5. The van der Waals surface area contributed by atoms with Crippen molar-refractivity contribution in [3.63, 3.8) is 0 Å². The normalized spacial score (nSPS) is 17.4. The number of hydrogen-bond donors (Lipinski definition) is 3. The Morgan fingerprint density at radius 1 is 1.16 bits per heavy atom. The highest BCUT2D eigenvalue weighted by molar-refractivity contribution is 14.0. The summed E-state index contributed by atoms with van der Waals surface area (Å²) in [5.74, 6) is 0.906. The van der Waals surface area contributed by atoms with Crippen LogP contribution in [-0.4, -0.2) is 91.8 Å². The van der Waals surface area contributed by atoms with Crippen LogP contribution in [0, 0.1) is 0 Å². The minimum atomic E-state index is -0.542. The molecule has 0 spiro atoms. The molecule has 3 N–H and O–H groups in total. The molecule has 0 radical (unpaired) electrons. The molecule has 0 saturated carbocycles. The van der Waals surface area contributed by atoms with Crippen molar-refractivity contribution in [2.45, 2.75) is 78.0 Å². The van der Waals surface area contributed by atoms with Gasteiger partial charge in [-0.25, -0.2) is 4.79 Å². The second kappa shape index (κ2) is 14.1. The van der Waals surface area contributed by atoms with Gasteiger partial charge in [-0.05, 0) is 67.3 Å². The first-order valence-corrected chi connectivity index (χ1v) is 11.3. The second-order valence-electron chi connectivity index (χ2n) is 9.91. The lowest BCUT2D eigenvalue weighted by Gasteiger charge is -2.28. The van der Waals surface area contributed by atoms with Crippen LogP contribution in [0.2, 0.25) is 0 Å². The number of likely N-dealkylation sites (tertiary alicyclic amines) is 1. The Labute approximate surface area is 211 Å². The minimum Gasteiger partial charge on any atom is -0.444 e. The van der Waals surface area contributed by atoms with Gasteiger partial charge >= 0.3 is 6.09 Å². The molecule has 0 aromatic carbocycles. The maximum atomic E-state index is 12.3. The van der Waals surface area contributed by atoms with E-state index in [4.69, 9.17) is 4.74 Å². The molecule has 1 saturated heterocycles. The van der Waals surface area contributed by atoms with Gasteiger partial charge in [0.2, 0.25) is 5.91 Å². The molecule has 0 aromatic rings. The van der Waals surface area contributed by atoms with E-state index in [0.29, 0.717) is 12.5 Å².